The van der Waals surface area contributed by atoms with Crippen molar-refractivity contribution in [3.63, 3.8) is 0 Å². The average Bonchev–Trinajstić information content (AvgIpc) is 1.89. The lowest BCUT2D eigenvalue weighted by molar-refractivity contribution is 0.0579. The van der Waals surface area contributed by atoms with E-state index in [0.29, 0.717) is 13.2 Å². The zero-order chi connectivity index (χ0) is 7.82. The van der Waals surface area contributed by atoms with Crippen LogP contribution in [0.15, 0.2) is 0 Å². The van der Waals surface area contributed by atoms with Gasteiger partial charge in [-0.15, -0.1) is 0 Å². The van der Waals surface area contributed by atoms with Crippen LogP contribution in [0.1, 0.15) is 20.3 Å². The van der Waals surface area contributed by atoms with Crippen LogP contribution in [0.5, 0.6) is 0 Å². The molecule has 0 aromatic heterocycles. The van der Waals surface area contributed by atoms with E-state index in [4.69, 9.17) is 4.74 Å². The van der Waals surface area contributed by atoms with Crippen LogP contribution >= 0.6 is 0 Å². The van der Waals surface area contributed by atoms with Crippen molar-refractivity contribution in [3.8, 4) is 0 Å². The molecule has 0 fully saturated rings. The van der Waals surface area contributed by atoms with Gasteiger partial charge in [-0.1, -0.05) is 0 Å². The molecule has 1 unspecified atom stereocenters. The van der Waals surface area contributed by atoms with Crippen LogP contribution in [0.4, 0.5) is 0 Å². The maximum absolute atomic E-state index is 9.56. The van der Waals surface area contributed by atoms with Gasteiger partial charge in [0.25, 0.3) is 0 Å². The van der Waals surface area contributed by atoms with E-state index in [-0.39, 0.29) is 6.10 Å². The van der Waals surface area contributed by atoms with E-state index in [2.05, 4.69) is 4.74 Å². The summed E-state index contributed by atoms with van der Waals surface area (Å²) in [6, 6.07) is 0. The van der Waals surface area contributed by atoms with Gasteiger partial charge in [-0.3, -0.25) is 0 Å². The number of ether oxygens (including phenoxy) is 2. The Kier molecular flexibility index (Phi) is 6.18. The Morgan fingerprint density at radius 1 is 1.60 bits per heavy atom. The third-order valence-electron chi connectivity index (χ3n) is 1.14. The molecule has 0 saturated carbocycles. The van der Waals surface area contributed by atoms with Gasteiger partial charge >= 0.3 is 6.47 Å². The zero-order valence-corrected chi connectivity index (χ0v) is 6.42. The molecule has 0 aliphatic rings. The highest BCUT2D eigenvalue weighted by Crippen LogP contribution is 1.95. The van der Waals surface area contributed by atoms with Crippen LogP contribution in [-0.4, -0.2) is 25.8 Å². The topological polar surface area (TPSA) is 35.5 Å². The van der Waals surface area contributed by atoms with Crippen LogP contribution in [0.25, 0.3) is 0 Å². The maximum Gasteiger partial charge on any atom is 0.417 e. The summed E-state index contributed by atoms with van der Waals surface area (Å²) >= 11 is 0. The summed E-state index contributed by atoms with van der Waals surface area (Å²) < 4.78 is 9.54. The summed E-state index contributed by atoms with van der Waals surface area (Å²) in [7, 11) is 0. The summed E-state index contributed by atoms with van der Waals surface area (Å²) in [5.74, 6) is 0. The van der Waals surface area contributed by atoms with E-state index < -0.39 is 0 Å². The normalized spacial score (nSPS) is 12.6. The smallest absolute Gasteiger partial charge is 0.417 e. The van der Waals surface area contributed by atoms with E-state index >= 15 is 0 Å². The number of carbonyl (C=O) groups excluding carboxylic acids is 1. The molecule has 0 saturated heterocycles. The number of hydrogen-bond donors (Lipinski definition) is 0. The van der Waals surface area contributed by atoms with Gasteiger partial charge in [-0.2, -0.15) is 0 Å². The van der Waals surface area contributed by atoms with Crippen LogP contribution in [0, 0.1) is 0 Å². The lowest BCUT2D eigenvalue weighted by Gasteiger charge is -2.08. The highest BCUT2D eigenvalue weighted by molar-refractivity contribution is 5.37. The lowest BCUT2D eigenvalue weighted by atomic mass is 10.3. The van der Waals surface area contributed by atoms with Gasteiger partial charge in [-0.25, -0.2) is 4.79 Å². The SMILES string of the molecule is CCOC(C)CCO[C]=O. The molecule has 0 aliphatic carbocycles. The van der Waals surface area contributed by atoms with Crippen molar-refractivity contribution in [2.24, 2.45) is 0 Å². The first-order valence-corrected chi connectivity index (χ1v) is 3.41. The molecule has 10 heavy (non-hydrogen) atoms. The second-order valence-corrected chi connectivity index (χ2v) is 1.99. The van der Waals surface area contributed by atoms with Crippen molar-refractivity contribution in [2.45, 2.75) is 26.4 Å². The molecule has 0 aliphatic heterocycles. The molecule has 0 amide bonds. The molecule has 1 radical (unpaired) electrons. The zero-order valence-electron chi connectivity index (χ0n) is 6.42. The molecule has 3 nitrogen and oxygen atoms in total. The Labute approximate surface area is 61.3 Å². The summed E-state index contributed by atoms with van der Waals surface area (Å²) in [6.07, 6.45) is 0.904. The lowest BCUT2D eigenvalue weighted by Crippen LogP contribution is -2.10. The standard InChI is InChI=1S/C7H13O3/c1-3-10-7(2)4-5-9-6-8/h7H,3-5H2,1-2H3. The van der Waals surface area contributed by atoms with Gasteiger partial charge in [0, 0.05) is 13.0 Å². The van der Waals surface area contributed by atoms with Gasteiger partial charge in [0.05, 0.1) is 12.7 Å². The summed E-state index contributed by atoms with van der Waals surface area (Å²) in [6.45, 7) is 6.33. The van der Waals surface area contributed by atoms with Crippen molar-refractivity contribution in [3.05, 3.63) is 0 Å². The molecule has 0 aromatic carbocycles. The Balaban J connectivity index is 3.04. The van der Waals surface area contributed by atoms with Gasteiger partial charge in [0.1, 0.15) is 0 Å². The summed E-state index contributed by atoms with van der Waals surface area (Å²) in [5, 5.41) is 0. The first-order chi connectivity index (χ1) is 4.81. The second kappa shape index (κ2) is 6.55. The predicted octanol–water partition coefficient (Wildman–Crippen LogP) is 0.885. The molecule has 59 valence electrons. The molecule has 1 atom stereocenters. The van der Waals surface area contributed by atoms with Gasteiger partial charge in [0.2, 0.25) is 0 Å². The van der Waals surface area contributed by atoms with E-state index in [1.54, 1.807) is 0 Å². The van der Waals surface area contributed by atoms with Gasteiger partial charge in [0.15, 0.2) is 0 Å². The molecule has 0 bridgehead atoms. The fourth-order valence-corrected chi connectivity index (χ4v) is 0.634. The van der Waals surface area contributed by atoms with Crippen molar-refractivity contribution < 1.29 is 14.3 Å². The van der Waals surface area contributed by atoms with Crippen LogP contribution in [0.2, 0.25) is 0 Å². The predicted molar refractivity (Wildman–Crippen MR) is 37.4 cm³/mol. The number of rotatable bonds is 6. The molecular formula is C7H13O3. The van der Waals surface area contributed by atoms with E-state index in [0.717, 1.165) is 6.42 Å². The van der Waals surface area contributed by atoms with E-state index in [9.17, 15) is 4.79 Å². The highest BCUT2D eigenvalue weighted by atomic mass is 16.5. The third kappa shape index (κ3) is 5.56. The van der Waals surface area contributed by atoms with Crippen LogP contribution < -0.4 is 0 Å². The van der Waals surface area contributed by atoms with E-state index in [1.807, 2.05) is 13.8 Å². The highest BCUT2D eigenvalue weighted by Gasteiger charge is 1.99. The Hall–Kier alpha value is -0.570. The monoisotopic (exact) mass is 145 g/mol. The van der Waals surface area contributed by atoms with Crippen LogP contribution in [-0.2, 0) is 14.3 Å². The summed E-state index contributed by atoms with van der Waals surface area (Å²) in [4.78, 5) is 9.56. The molecular weight excluding hydrogens is 132 g/mol. The minimum atomic E-state index is 0.165. The minimum Gasteiger partial charge on any atom is -0.457 e. The second-order valence-electron chi connectivity index (χ2n) is 1.99. The Morgan fingerprint density at radius 2 is 2.30 bits per heavy atom. The van der Waals surface area contributed by atoms with Crippen molar-refractivity contribution in [1.29, 1.82) is 0 Å². The van der Waals surface area contributed by atoms with E-state index in [1.165, 1.54) is 6.47 Å². The first kappa shape index (κ1) is 9.43. The summed E-state index contributed by atoms with van der Waals surface area (Å²) in [5.41, 5.74) is 0. The maximum atomic E-state index is 9.56. The molecule has 0 heterocycles. The van der Waals surface area contributed by atoms with Crippen molar-refractivity contribution >= 4 is 6.47 Å². The van der Waals surface area contributed by atoms with Gasteiger partial charge < -0.3 is 9.47 Å². The van der Waals surface area contributed by atoms with Gasteiger partial charge in [-0.05, 0) is 13.8 Å². The molecule has 3 heteroatoms. The quantitative estimate of drug-likeness (QED) is 0.520. The van der Waals surface area contributed by atoms with Crippen molar-refractivity contribution in [2.75, 3.05) is 13.2 Å². The number of hydrogen-bond acceptors (Lipinski definition) is 3. The Bertz CT molecular complexity index is 82.9. The molecule has 0 spiro atoms. The van der Waals surface area contributed by atoms with Crippen molar-refractivity contribution in [1.82, 2.24) is 0 Å². The van der Waals surface area contributed by atoms with Crippen LogP contribution in [0.3, 0.4) is 0 Å². The first-order valence-electron chi connectivity index (χ1n) is 3.41. The average molecular weight is 145 g/mol. The fourth-order valence-electron chi connectivity index (χ4n) is 0.634. The molecule has 0 aromatic rings. The minimum absolute atomic E-state index is 0.165. The Morgan fingerprint density at radius 3 is 2.80 bits per heavy atom. The third-order valence-corrected chi connectivity index (χ3v) is 1.14. The molecule has 0 rings (SSSR count). The fraction of sp³-hybridized carbons (Fsp3) is 0.857. The molecule has 0 N–H and O–H groups in total. The largest absolute Gasteiger partial charge is 0.457 e.